The van der Waals surface area contributed by atoms with E-state index in [4.69, 9.17) is 5.11 Å². The largest absolute Gasteiger partial charge is 0.480 e. The van der Waals surface area contributed by atoms with Gasteiger partial charge in [0.15, 0.2) is 15.1 Å². The van der Waals surface area contributed by atoms with Gasteiger partial charge >= 0.3 is 5.97 Å². The Labute approximate surface area is 98.0 Å². The molecule has 0 saturated carbocycles. The predicted octanol–water partition coefficient (Wildman–Crippen LogP) is 2.09. The van der Waals surface area contributed by atoms with Crippen LogP contribution in [-0.4, -0.2) is 30.5 Å². The van der Waals surface area contributed by atoms with Crippen molar-refractivity contribution in [1.82, 2.24) is 0 Å². The van der Waals surface area contributed by atoms with Crippen LogP contribution in [-0.2, 0) is 14.6 Å². The summed E-state index contributed by atoms with van der Waals surface area (Å²) in [5.74, 6) is -1.17. The normalized spacial score (nSPS) is 15.7. The van der Waals surface area contributed by atoms with Crippen LogP contribution in [0.25, 0.3) is 0 Å². The van der Waals surface area contributed by atoms with Crippen molar-refractivity contribution in [1.29, 1.82) is 0 Å². The van der Waals surface area contributed by atoms with E-state index in [1.54, 1.807) is 0 Å². The second kappa shape index (κ2) is 6.89. The number of aliphatic carboxylic acids is 1. The molecule has 2 atom stereocenters. The first kappa shape index (κ1) is 15.4. The van der Waals surface area contributed by atoms with Gasteiger partial charge in [0.25, 0.3) is 0 Å². The molecule has 0 aromatic carbocycles. The van der Waals surface area contributed by atoms with E-state index in [0.29, 0.717) is 0 Å². The first-order valence-corrected chi connectivity index (χ1v) is 7.51. The van der Waals surface area contributed by atoms with Gasteiger partial charge in [-0.05, 0) is 19.3 Å². The second-order valence-electron chi connectivity index (χ2n) is 4.23. The molecular formula is C11H22O4S. The summed E-state index contributed by atoms with van der Waals surface area (Å²) >= 11 is 0. The molecule has 16 heavy (non-hydrogen) atoms. The molecule has 0 saturated heterocycles. The molecule has 0 aromatic heterocycles. The molecule has 1 N–H and O–H groups in total. The van der Waals surface area contributed by atoms with Crippen LogP contribution in [0.4, 0.5) is 0 Å². The first-order chi connectivity index (χ1) is 7.35. The van der Waals surface area contributed by atoms with Crippen LogP contribution in [0, 0.1) is 5.92 Å². The maximum absolute atomic E-state index is 11.7. The van der Waals surface area contributed by atoms with Crippen LogP contribution in [0.2, 0.25) is 0 Å². The zero-order valence-corrected chi connectivity index (χ0v) is 11.1. The maximum Gasteiger partial charge on any atom is 0.321 e. The summed E-state index contributed by atoms with van der Waals surface area (Å²) in [7, 11) is -3.50. The van der Waals surface area contributed by atoms with Crippen LogP contribution >= 0.6 is 0 Å². The van der Waals surface area contributed by atoms with Gasteiger partial charge in [-0.3, -0.25) is 4.79 Å². The van der Waals surface area contributed by atoms with Crippen LogP contribution < -0.4 is 0 Å². The van der Waals surface area contributed by atoms with E-state index < -0.39 is 21.1 Å². The van der Waals surface area contributed by atoms with Crippen molar-refractivity contribution in [2.75, 3.05) is 5.75 Å². The molecule has 0 aliphatic heterocycles. The molecule has 0 radical (unpaired) electrons. The molecule has 0 amide bonds. The Morgan fingerprint density at radius 1 is 1.31 bits per heavy atom. The molecule has 0 bridgehead atoms. The van der Waals surface area contributed by atoms with Crippen LogP contribution in [0.15, 0.2) is 0 Å². The zero-order valence-electron chi connectivity index (χ0n) is 10.3. The summed E-state index contributed by atoms with van der Waals surface area (Å²) in [5.41, 5.74) is 0. The number of hydrogen-bond acceptors (Lipinski definition) is 3. The number of carbonyl (C=O) groups is 1. The van der Waals surface area contributed by atoms with E-state index in [9.17, 15) is 13.2 Å². The first-order valence-electron chi connectivity index (χ1n) is 5.79. The van der Waals surface area contributed by atoms with Crippen molar-refractivity contribution < 1.29 is 18.3 Å². The number of unbranched alkanes of at least 4 members (excludes halogenated alkanes) is 1. The molecular weight excluding hydrogens is 228 g/mol. The molecule has 5 heteroatoms. The van der Waals surface area contributed by atoms with Gasteiger partial charge in [-0.25, -0.2) is 8.42 Å². The van der Waals surface area contributed by atoms with Gasteiger partial charge in [-0.15, -0.1) is 0 Å². The Morgan fingerprint density at radius 3 is 2.25 bits per heavy atom. The lowest BCUT2D eigenvalue weighted by atomic mass is 10.0. The van der Waals surface area contributed by atoms with Crippen molar-refractivity contribution >= 4 is 15.8 Å². The van der Waals surface area contributed by atoms with Gasteiger partial charge < -0.3 is 5.11 Å². The van der Waals surface area contributed by atoms with Crippen molar-refractivity contribution in [3.8, 4) is 0 Å². The Morgan fingerprint density at radius 2 is 1.88 bits per heavy atom. The third-order valence-electron chi connectivity index (χ3n) is 2.90. The molecule has 2 unspecified atom stereocenters. The Hall–Kier alpha value is -0.580. The van der Waals surface area contributed by atoms with Gasteiger partial charge in [-0.2, -0.15) is 0 Å². The van der Waals surface area contributed by atoms with Gasteiger partial charge in [0.05, 0.1) is 5.75 Å². The highest BCUT2D eigenvalue weighted by molar-refractivity contribution is 7.92. The topological polar surface area (TPSA) is 71.4 Å². The summed E-state index contributed by atoms with van der Waals surface area (Å²) in [5, 5.41) is 7.41. The number of rotatable bonds is 8. The molecule has 4 nitrogen and oxygen atoms in total. The highest BCUT2D eigenvalue weighted by Gasteiger charge is 2.29. The standard InChI is InChI=1S/C11H22O4S/c1-4-6-7-10(5-2)8-16(14,15)9(3)11(12)13/h9-10H,4-8H2,1-3H3,(H,12,13). The van der Waals surface area contributed by atoms with Crippen molar-refractivity contribution in [3.05, 3.63) is 0 Å². The van der Waals surface area contributed by atoms with Gasteiger partial charge in [0.2, 0.25) is 0 Å². The smallest absolute Gasteiger partial charge is 0.321 e. The van der Waals surface area contributed by atoms with E-state index in [-0.39, 0.29) is 11.7 Å². The summed E-state index contributed by atoms with van der Waals surface area (Å²) < 4.78 is 23.4. The van der Waals surface area contributed by atoms with Crippen molar-refractivity contribution in [2.45, 2.75) is 51.7 Å². The van der Waals surface area contributed by atoms with Crippen molar-refractivity contribution in [2.24, 2.45) is 5.92 Å². The van der Waals surface area contributed by atoms with Gasteiger partial charge in [0.1, 0.15) is 0 Å². The SMILES string of the molecule is CCCCC(CC)CS(=O)(=O)C(C)C(=O)O. The molecule has 0 aromatic rings. The number of hydrogen-bond donors (Lipinski definition) is 1. The monoisotopic (exact) mass is 250 g/mol. The highest BCUT2D eigenvalue weighted by atomic mass is 32.2. The Balaban J connectivity index is 4.48. The minimum absolute atomic E-state index is 0.00301. The zero-order chi connectivity index (χ0) is 12.8. The lowest BCUT2D eigenvalue weighted by molar-refractivity contribution is -0.136. The lowest BCUT2D eigenvalue weighted by Gasteiger charge is -2.16. The summed E-state index contributed by atoms with van der Waals surface area (Å²) in [6.45, 7) is 5.24. The third-order valence-corrected chi connectivity index (χ3v) is 5.11. The Kier molecular flexibility index (Phi) is 6.64. The van der Waals surface area contributed by atoms with Crippen LogP contribution in [0.3, 0.4) is 0 Å². The van der Waals surface area contributed by atoms with Gasteiger partial charge in [-0.1, -0.05) is 33.1 Å². The molecule has 0 fully saturated rings. The van der Waals surface area contributed by atoms with Crippen molar-refractivity contribution in [3.63, 3.8) is 0 Å². The highest BCUT2D eigenvalue weighted by Crippen LogP contribution is 2.17. The molecule has 96 valence electrons. The number of sulfone groups is 1. The average Bonchev–Trinajstić information content (AvgIpc) is 2.22. The van der Waals surface area contributed by atoms with E-state index in [0.717, 1.165) is 25.7 Å². The van der Waals surface area contributed by atoms with Crippen LogP contribution in [0.5, 0.6) is 0 Å². The third kappa shape index (κ3) is 4.96. The minimum Gasteiger partial charge on any atom is -0.480 e. The van der Waals surface area contributed by atoms with E-state index in [1.807, 2.05) is 6.92 Å². The summed E-state index contributed by atoms with van der Waals surface area (Å²) in [6.07, 6.45) is 3.67. The van der Waals surface area contributed by atoms with E-state index in [1.165, 1.54) is 6.92 Å². The molecule has 0 spiro atoms. The lowest BCUT2D eigenvalue weighted by Crippen LogP contribution is -2.31. The molecule has 0 aliphatic carbocycles. The van der Waals surface area contributed by atoms with E-state index >= 15 is 0 Å². The van der Waals surface area contributed by atoms with E-state index in [2.05, 4.69) is 6.92 Å². The summed E-state index contributed by atoms with van der Waals surface area (Å²) in [6, 6.07) is 0. The maximum atomic E-state index is 11.7. The predicted molar refractivity (Wildman–Crippen MR) is 64.2 cm³/mol. The fourth-order valence-corrected chi connectivity index (χ4v) is 3.18. The number of carboxylic acid groups (broad SMARTS) is 1. The molecule has 0 aliphatic rings. The second-order valence-corrected chi connectivity index (χ2v) is 6.59. The Bertz CT molecular complexity index is 308. The fourth-order valence-electron chi connectivity index (χ4n) is 1.52. The average molecular weight is 250 g/mol. The van der Waals surface area contributed by atoms with Crippen LogP contribution in [0.1, 0.15) is 46.5 Å². The molecule has 0 rings (SSSR count). The summed E-state index contributed by atoms with van der Waals surface area (Å²) in [4.78, 5) is 10.7. The number of carboxylic acids is 1. The quantitative estimate of drug-likeness (QED) is 0.716. The van der Waals surface area contributed by atoms with Gasteiger partial charge in [0, 0.05) is 0 Å². The fraction of sp³-hybridized carbons (Fsp3) is 0.909. The molecule has 0 heterocycles. The minimum atomic E-state index is -3.50.